The van der Waals surface area contributed by atoms with E-state index in [2.05, 4.69) is 11.1 Å². The molecule has 2 nitrogen and oxygen atoms in total. The highest BCUT2D eigenvalue weighted by Crippen LogP contribution is 2.26. The van der Waals surface area contributed by atoms with Crippen LogP contribution in [0.5, 0.6) is 0 Å². The predicted octanol–water partition coefficient (Wildman–Crippen LogP) is 3.47. The lowest BCUT2D eigenvalue weighted by Crippen LogP contribution is -1.93. The Kier molecular flexibility index (Phi) is 3.03. The van der Waals surface area contributed by atoms with Crippen LogP contribution in [-0.2, 0) is 11.2 Å². The Morgan fingerprint density at radius 1 is 1.53 bits per heavy atom. The normalized spacial score (nSPS) is 10.8. The summed E-state index contributed by atoms with van der Waals surface area (Å²) >= 11 is 7.29. The quantitative estimate of drug-likeness (QED) is 0.821. The van der Waals surface area contributed by atoms with Crippen molar-refractivity contribution < 1.29 is 4.79 Å². The van der Waals surface area contributed by atoms with Gasteiger partial charge in [0.25, 0.3) is 0 Å². The van der Waals surface area contributed by atoms with Crippen LogP contribution in [-0.4, -0.2) is 10.8 Å². The van der Waals surface area contributed by atoms with Crippen molar-refractivity contribution in [2.75, 3.05) is 0 Å². The topological polar surface area (TPSA) is 30.0 Å². The average molecular weight is 240 g/mol. The van der Waals surface area contributed by atoms with Gasteiger partial charge in [0, 0.05) is 6.42 Å². The minimum absolute atomic E-state index is 0.220. The lowest BCUT2D eigenvalue weighted by Gasteiger charge is -1.98. The van der Waals surface area contributed by atoms with Crippen molar-refractivity contribution in [3.63, 3.8) is 0 Å². The van der Waals surface area contributed by atoms with E-state index in [-0.39, 0.29) is 5.78 Å². The first-order chi connectivity index (χ1) is 7.15. The van der Waals surface area contributed by atoms with Crippen LogP contribution in [0.2, 0.25) is 4.47 Å². The van der Waals surface area contributed by atoms with Gasteiger partial charge in [-0.05, 0) is 31.0 Å². The van der Waals surface area contributed by atoms with Crippen molar-refractivity contribution in [2.45, 2.75) is 19.8 Å². The largest absolute Gasteiger partial charge is 0.300 e. The average Bonchev–Trinajstić information content (AvgIpc) is 2.53. The van der Waals surface area contributed by atoms with Gasteiger partial charge in [-0.15, -0.1) is 11.3 Å². The standard InChI is InChI=1S/C11H10ClNOS/c1-7(14)2-3-8-4-5-9-10(6-8)15-11(12)13-9/h4-6H,2-3H2,1H3. The molecule has 0 fully saturated rings. The van der Waals surface area contributed by atoms with E-state index in [1.165, 1.54) is 11.3 Å². The molecule has 78 valence electrons. The van der Waals surface area contributed by atoms with E-state index in [1.54, 1.807) is 6.92 Å². The Balaban J connectivity index is 2.26. The summed E-state index contributed by atoms with van der Waals surface area (Å²) in [7, 11) is 0. The van der Waals surface area contributed by atoms with Crippen LogP contribution in [0.25, 0.3) is 10.2 Å². The molecule has 0 aliphatic carbocycles. The van der Waals surface area contributed by atoms with Crippen LogP contribution in [0, 0.1) is 0 Å². The van der Waals surface area contributed by atoms with Crippen molar-refractivity contribution in [1.82, 2.24) is 4.98 Å². The van der Waals surface area contributed by atoms with Gasteiger partial charge in [-0.1, -0.05) is 17.7 Å². The second-order valence-electron chi connectivity index (χ2n) is 3.47. The van der Waals surface area contributed by atoms with Crippen molar-refractivity contribution in [1.29, 1.82) is 0 Å². The fraction of sp³-hybridized carbons (Fsp3) is 0.273. The molecule has 0 bridgehead atoms. The van der Waals surface area contributed by atoms with Crippen LogP contribution >= 0.6 is 22.9 Å². The number of rotatable bonds is 3. The third-order valence-corrected chi connectivity index (χ3v) is 3.32. The number of benzene rings is 1. The molecule has 0 N–H and O–H groups in total. The molecule has 0 amide bonds. The number of carbonyl (C=O) groups is 1. The Labute approximate surface area is 96.9 Å². The van der Waals surface area contributed by atoms with Gasteiger partial charge < -0.3 is 4.79 Å². The molecule has 0 spiro atoms. The number of carbonyl (C=O) groups excluding carboxylic acids is 1. The maximum Gasteiger partial charge on any atom is 0.184 e. The maximum atomic E-state index is 10.9. The first-order valence-corrected chi connectivity index (χ1v) is 5.89. The molecule has 0 unspecified atom stereocenters. The number of nitrogens with zero attached hydrogens (tertiary/aromatic N) is 1. The summed E-state index contributed by atoms with van der Waals surface area (Å²) in [4.78, 5) is 15.0. The minimum atomic E-state index is 0.220. The molecule has 0 aliphatic rings. The molecule has 4 heteroatoms. The summed E-state index contributed by atoms with van der Waals surface area (Å²) in [6, 6.07) is 6.01. The molecule has 0 aliphatic heterocycles. The molecule has 2 aromatic rings. The molecule has 0 saturated carbocycles. The van der Waals surface area contributed by atoms with E-state index >= 15 is 0 Å². The third-order valence-electron chi connectivity index (χ3n) is 2.19. The number of hydrogen-bond acceptors (Lipinski definition) is 3. The monoisotopic (exact) mass is 239 g/mol. The molecule has 0 saturated heterocycles. The summed E-state index contributed by atoms with van der Waals surface area (Å²) in [6.07, 6.45) is 1.39. The number of ketones is 1. The number of hydrogen-bond donors (Lipinski definition) is 0. The van der Waals surface area contributed by atoms with E-state index in [0.717, 1.165) is 22.2 Å². The second kappa shape index (κ2) is 4.29. The molecule has 1 aromatic heterocycles. The molecule has 0 atom stereocenters. The van der Waals surface area contributed by atoms with Gasteiger partial charge in [0.05, 0.1) is 10.2 Å². The Morgan fingerprint density at radius 3 is 3.07 bits per heavy atom. The Morgan fingerprint density at radius 2 is 2.33 bits per heavy atom. The zero-order valence-corrected chi connectivity index (χ0v) is 9.86. The minimum Gasteiger partial charge on any atom is -0.300 e. The third kappa shape index (κ3) is 2.55. The number of thiazole rings is 1. The van der Waals surface area contributed by atoms with E-state index < -0.39 is 0 Å². The van der Waals surface area contributed by atoms with Crippen LogP contribution in [0.1, 0.15) is 18.9 Å². The van der Waals surface area contributed by atoms with Crippen LogP contribution in [0.3, 0.4) is 0 Å². The van der Waals surface area contributed by atoms with Crippen molar-refractivity contribution in [2.24, 2.45) is 0 Å². The van der Waals surface area contributed by atoms with Gasteiger partial charge in [0.2, 0.25) is 0 Å². The number of halogens is 1. The highest BCUT2D eigenvalue weighted by atomic mass is 35.5. The van der Waals surface area contributed by atoms with Gasteiger partial charge >= 0.3 is 0 Å². The summed E-state index contributed by atoms with van der Waals surface area (Å²) in [5, 5.41) is 0. The van der Waals surface area contributed by atoms with Gasteiger partial charge in [0.15, 0.2) is 4.47 Å². The first kappa shape index (κ1) is 10.6. The molecule has 2 rings (SSSR count). The van der Waals surface area contributed by atoms with Gasteiger partial charge in [-0.2, -0.15) is 0 Å². The van der Waals surface area contributed by atoms with Gasteiger partial charge in [0.1, 0.15) is 5.78 Å². The first-order valence-electron chi connectivity index (χ1n) is 4.69. The fourth-order valence-corrected chi connectivity index (χ4v) is 2.51. The summed E-state index contributed by atoms with van der Waals surface area (Å²) in [6.45, 7) is 1.61. The Bertz CT molecular complexity index is 506. The van der Waals surface area contributed by atoms with Crippen molar-refractivity contribution in [3.8, 4) is 0 Å². The number of aromatic nitrogens is 1. The lowest BCUT2D eigenvalue weighted by atomic mass is 10.1. The maximum absolute atomic E-state index is 10.9. The van der Waals surface area contributed by atoms with Crippen LogP contribution in [0.15, 0.2) is 18.2 Å². The fourth-order valence-electron chi connectivity index (χ4n) is 1.42. The molecule has 0 radical (unpaired) electrons. The van der Waals surface area contributed by atoms with Crippen LogP contribution < -0.4 is 0 Å². The highest BCUT2D eigenvalue weighted by Gasteiger charge is 2.03. The highest BCUT2D eigenvalue weighted by molar-refractivity contribution is 7.22. The lowest BCUT2D eigenvalue weighted by molar-refractivity contribution is -0.116. The van der Waals surface area contributed by atoms with Crippen molar-refractivity contribution in [3.05, 3.63) is 28.2 Å². The van der Waals surface area contributed by atoms with Gasteiger partial charge in [-0.25, -0.2) is 4.98 Å². The zero-order valence-electron chi connectivity index (χ0n) is 8.29. The smallest absolute Gasteiger partial charge is 0.184 e. The number of fused-ring (bicyclic) bond motifs is 1. The summed E-state index contributed by atoms with van der Waals surface area (Å²) < 4.78 is 1.65. The molecule has 1 aromatic carbocycles. The molecule has 1 heterocycles. The SMILES string of the molecule is CC(=O)CCc1ccc2nc(Cl)sc2c1. The predicted molar refractivity (Wildman–Crippen MR) is 63.6 cm³/mol. The molecular formula is C11H10ClNOS. The summed E-state index contributed by atoms with van der Waals surface area (Å²) in [5.41, 5.74) is 2.09. The second-order valence-corrected chi connectivity index (χ2v) is 5.08. The Hall–Kier alpha value is -0.930. The zero-order chi connectivity index (χ0) is 10.8. The number of Topliss-reactive ketones (excluding diaryl/α,β-unsaturated/α-hetero) is 1. The van der Waals surface area contributed by atoms with Crippen molar-refractivity contribution >= 4 is 38.9 Å². The molecule has 15 heavy (non-hydrogen) atoms. The van der Waals surface area contributed by atoms with E-state index in [0.29, 0.717) is 10.9 Å². The van der Waals surface area contributed by atoms with Crippen LogP contribution in [0.4, 0.5) is 0 Å². The number of aryl methyl sites for hydroxylation is 1. The van der Waals surface area contributed by atoms with E-state index in [1.807, 2.05) is 12.1 Å². The van der Waals surface area contributed by atoms with E-state index in [4.69, 9.17) is 11.6 Å². The van der Waals surface area contributed by atoms with E-state index in [9.17, 15) is 4.79 Å². The summed E-state index contributed by atoms with van der Waals surface area (Å²) in [5.74, 6) is 0.220. The molecular weight excluding hydrogens is 230 g/mol. The van der Waals surface area contributed by atoms with Gasteiger partial charge in [-0.3, -0.25) is 0 Å².